The van der Waals surface area contributed by atoms with Crippen LogP contribution in [0.15, 0.2) is 72.1 Å². The number of aliphatic hydroxyl groups is 1. The number of rotatable bonds is 4. The predicted molar refractivity (Wildman–Crippen MR) is 130 cm³/mol. The van der Waals surface area contributed by atoms with E-state index in [0.29, 0.717) is 44.5 Å². The number of halogens is 2. The molecule has 0 radical (unpaired) electrons. The molecule has 190 valence electrons. The third-order valence-corrected chi connectivity index (χ3v) is 7.70. The van der Waals surface area contributed by atoms with E-state index < -0.39 is 11.9 Å². The van der Waals surface area contributed by atoms with Crippen LogP contribution < -0.4 is 4.74 Å². The molecule has 4 unspecified atom stereocenters. The molecule has 0 amide bonds. The van der Waals surface area contributed by atoms with Crippen molar-refractivity contribution >= 4 is 0 Å². The van der Waals surface area contributed by atoms with Gasteiger partial charge in [-0.3, -0.25) is 4.90 Å². The first-order valence-electron chi connectivity index (χ1n) is 12.8. The van der Waals surface area contributed by atoms with E-state index in [4.69, 9.17) is 14.2 Å². The van der Waals surface area contributed by atoms with Gasteiger partial charge in [-0.25, -0.2) is 8.78 Å². The second-order valence-corrected chi connectivity index (χ2v) is 10.3. The lowest BCUT2D eigenvalue weighted by molar-refractivity contribution is -0.321. The summed E-state index contributed by atoms with van der Waals surface area (Å²) in [7, 11) is 0. The van der Waals surface area contributed by atoms with E-state index in [1.165, 1.54) is 12.1 Å². The molecule has 3 aliphatic heterocycles. The maximum absolute atomic E-state index is 13.7. The molecule has 3 heterocycles. The lowest BCUT2D eigenvalue weighted by Crippen LogP contribution is -2.65. The Labute approximate surface area is 210 Å². The number of ether oxygens (including phenoxy) is 3. The smallest absolute Gasteiger partial charge is 0.216 e. The van der Waals surface area contributed by atoms with Crippen LogP contribution in [0, 0.1) is 5.82 Å². The maximum atomic E-state index is 13.7. The minimum absolute atomic E-state index is 0.155. The SMILES string of the molecule is OC1([C@@H]2CCc3cc(F)ccc3O2)CN(Cc2ccccc2)CC(C2CCC3=CC(F)=CCC3O2)O1. The van der Waals surface area contributed by atoms with Gasteiger partial charge in [-0.2, -0.15) is 0 Å². The molecule has 1 N–H and O–H groups in total. The number of nitrogens with zero attached hydrogens (tertiary/aromatic N) is 1. The van der Waals surface area contributed by atoms with Gasteiger partial charge in [0.2, 0.25) is 5.79 Å². The van der Waals surface area contributed by atoms with Crippen LogP contribution in [0.4, 0.5) is 8.78 Å². The molecule has 2 aromatic rings. The highest BCUT2D eigenvalue weighted by Gasteiger charge is 2.50. The lowest BCUT2D eigenvalue weighted by atomic mass is 9.89. The van der Waals surface area contributed by atoms with E-state index in [9.17, 15) is 13.9 Å². The van der Waals surface area contributed by atoms with Crippen molar-refractivity contribution in [3.8, 4) is 5.75 Å². The molecule has 2 fully saturated rings. The summed E-state index contributed by atoms with van der Waals surface area (Å²) < 4.78 is 46.5. The zero-order valence-electron chi connectivity index (χ0n) is 20.1. The summed E-state index contributed by atoms with van der Waals surface area (Å²) in [6.07, 6.45) is 4.87. The monoisotopic (exact) mass is 495 g/mol. The quantitative estimate of drug-likeness (QED) is 0.658. The fraction of sp³-hybridized carbons (Fsp3) is 0.448. The van der Waals surface area contributed by atoms with Gasteiger partial charge in [-0.05, 0) is 79.2 Å². The van der Waals surface area contributed by atoms with Crippen molar-refractivity contribution in [3.63, 3.8) is 0 Å². The van der Waals surface area contributed by atoms with Gasteiger partial charge in [0.05, 0.1) is 24.9 Å². The molecular formula is C29H31F2NO4. The van der Waals surface area contributed by atoms with Crippen LogP contribution >= 0.6 is 0 Å². The fourth-order valence-electron chi connectivity index (χ4n) is 5.92. The number of β-amino-alcohol motifs (C(OH)–C–C–N with tert-alkyl or cyclic N) is 1. The Kier molecular flexibility index (Phi) is 6.42. The zero-order valence-corrected chi connectivity index (χ0v) is 20.1. The van der Waals surface area contributed by atoms with Crippen molar-refractivity contribution in [2.24, 2.45) is 0 Å². The number of morpholine rings is 1. The van der Waals surface area contributed by atoms with Crippen molar-refractivity contribution in [1.82, 2.24) is 4.90 Å². The molecule has 0 bridgehead atoms. The first-order chi connectivity index (χ1) is 17.4. The largest absolute Gasteiger partial charge is 0.484 e. The van der Waals surface area contributed by atoms with Crippen molar-refractivity contribution in [2.75, 3.05) is 13.1 Å². The Hall–Kier alpha value is -2.58. The summed E-state index contributed by atoms with van der Waals surface area (Å²) >= 11 is 0. The van der Waals surface area contributed by atoms with Gasteiger partial charge in [0.25, 0.3) is 0 Å². The van der Waals surface area contributed by atoms with Crippen LogP contribution in [-0.4, -0.2) is 53.3 Å². The second-order valence-electron chi connectivity index (χ2n) is 10.3. The topological polar surface area (TPSA) is 51.2 Å². The van der Waals surface area contributed by atoms with E-state index in [1.807, 2.05) is 18.2 Å². The van der Waals surface area contributed by atoms with Gasteiger partial charge < -0.3 is 19.3 Å². The normalized spacial score (nSPS) is 32.5. The summed E-state index contributed by atoms with van der Waals surface area (Å²) in [5, 5.41) is 11.9. The standard InChI is InChI=1S/C29H31F2NO4/c30-22-8-11-24-20(14-22)6-10-26(34-24)27-17-32(16-19-4-2-1-3-5-19)18-29(33,36-27)28-13-7-21-15-23(31)9-12-25(21)35-28/h1-5,8-9,12,14-15,24,26-28,33H,6-7,10-11,13,16-18H2/t24?,26?,27?,28-,29?/m0/s1. The minimum Gasteiger partial charge on any atom is -0.484 e. The second kappa shape index (κ2) is 9.71. The predicted octanol–water partition coefficient (Wildman–Crippen LogP) is 4.84. The average Bonchev–Trinajstić information content (AvgIpc) is 2.88. The van der Waals surface area contributed by atoms with Crippen LogP contribution in [0.3, 0.4) is 0 Å². The number of allylic oxidation sites excluding steroid dienone is 2. The molecule has 0 saturated carbocycles. The number of hydrogen-bond acceptors (Lipinski definition) is 5. The van der Waals surface area contributed by atoms with E-state index in [1.54, 1.807) is 18.2 Å². The molecule has 36 heavy (non-hydrogen) atoms. The molecule has 6 rings (SSSR count). The van der Waals surface area contributed by atoms with Gasteiger partial charge in [0, 0.05) is 13.1 Å². The Morgan fingerprint density at radius 2 is 1.89 bits per heavy atom. The summed E-state index contributed by atoms with van der Waals surface area (Å²) in [4.78, 5) is 2.20. The van der Waals surface area contributed by atoms with Crippen LogP contribution in [-0.2, 0) is 22.4 Å². The van der Waals surface area contributed by atoms with E-state index >= 15 is 0 Å². The van der Waals surface area contributed by atoms with Crippen molar-refractivity contribution in [3.05, 3.63) is 89.0 Å². The maximum Gasteiger partial charge on any atom is 0.216 e. The van der Waals surface area contributed by atoms with Gasteiger partial charge >= 0.3 is 0 Å². The van der Waals surface area contributed by atoms with Crippen LogP contribution in [0.5, 0.6) is 5.75 Å². The summed E-state index contributed by atoms with van der Waals surface area (Å²) in [5.74, 6) is -1.46. The molecule has 5 nitrogen and oxygen atoms in total. The molecule has 4 aliphatic rings. The van der Waals surface area contributed by atoms with E-state index in [2.05, 4.69) is 17.0 Å². The van der Waals surface area contributed by atoms with Crippen LogP contribution in [0.2, 0.25) is 0 Å². The highest BCUT2D eigenvalue weighted by atomic mass is 19.1. The highest BCUT2D eigenvalue weighted by Crippen LogP contribution is 2.39. The number of benzene rings is 2. The van der Waals surface area contributed by atoms with Crippen LogP contribution in [0.1, 0.15) is 36.8 Å². The van der Waals surface area contributed by atoms with Crippen molar-refractivity contribution in [2.45, 2.75) is 68.9 Å². The van der Waals surface area contributed by atoms with Gasteiger partial charge in [-0.15, -0.1) is 0 Å². The minimum atomic E-state index is -1.55. The molecule has 2 saturated heterocycles. The summed E-state index contributed by atoms with van der Waals surface area (Å²) in [6.45, 7) is 1.55. The Morgan fingerprint density at radius 3 is 2.75 bits per heavy atom. The number of aryl methyl sites for hydroxylation is 1. The Bertz CT molecular complexity index is 1170. The number of fused-ring (bicyclic) bond motifs is 2. The molecule has 2 aromatic carbocycles. The number of hydrogen-bond donors (Lipinski definition) is 1. The third-order valence-electron chi connectivity index (χ3n) is 7.70. The van der Waals surface area contributed by atoms with E-state index in [0.717, 1.165) is 23.1 Å². The van der Waals surface area contributed by atoms with Gasteiger partial charge in [-0.1, -0.05) is 30.3 Å². The third kappa shape index (κ3) is 4.85. The van der Waals surface area contributed by atoms with Crippen molar-refractivity contribution in [1.29, 1.82) is 0 Å². The van der Waals surface area contributed by atoms with E-state index in [-0.39, 0.29) is 36.5 Å². The average molecular weight is 496 g/mol. The molecule has 1 aliphatic carbocycles. The first-order valence-corrected chi connectivity index (χ1v) is 12.8. The molecule has 0 aromatic heterocycles. The summed E-state index contributed by atoms with van der Waals surface area (Å²) in [5.41, 5.74) is 2.93. The first kappa shape index (κ1) is 23.8. The molecule has 5 atom stereocenters. The molecule has 7 heteroatoms. The Morgan fingerprint density at radius 1 is 1.03 bits per heavy atom. The van der Waals surface area contributed by atoms with Gasteiger partial charge in [0.15, 0.2) is 6.10 Å². The molecular weight excluding hydrogens is 464 g/mol. The fourth-order valence-corrected chi connectivity index (χ4v) is 5.92. The molecule has 0 spiro atoms. The van der Waals surface area contributed by atoms with Crippen molar-refractivity contribution < 1.29 is 28.1 Å². The lowest BCUT2D eigenvalue weighted by Gasteiger charge is -2.50. The highest BCUT2D eigenvalue weighted by molar-refractivity contribution is 5.36. The Balaban J connectivity index is 1.24. The van der Waals surface area contributed by atoms with Crippen LogP contribution in [0.25, 0.3) is 0 Å². The summed E-state index contributed by atoms with van der Waals surface area (Å²) in [6, 6.07) is 14.6. The zero-order chi connectivity index (χ0) is 24.7. The van der Waals surface area contributed by atoms with Gasteiger partial charge in [0.1, 0.15) is 17.4 Å².